The van der Waals surface area contributed by atoms with Crippen molar-refractivity contribution in [3.8, 4) is 0 Å². The molecule has 3 aliphatic heterocycles. The van der Waals surface area contributed by atoms with E-state index in [1.807, 2.05) is 11.8 Å². The Morgan fingerprint density at radius 2 is 1.80 bits per heavy atom. The summed E-state index contributed by atoms with van der Waals surface area (Å²) in [6, 6.07) is 0. The van der Waals surface area contributed by atoms with Crippen LogP contribution >= 0.6 is 11.3 Å². The van der Waals surface area contributed by atoms with Gasteiger partial charge in [0.15, 0.2) is 0 Å². The number of piperidine rings is 1. The van der Waals surface area contributed by atoms with E-state index in [2.05, 4.69) is 11.8 Å². The van der Waals surface area contributed by atoms with Crippen molar-refractivity contribution in [2.45, 2.75) is 46.1 Å². The average molecular weight is 433 g/mol. The Bertz CT molecular complexity index is 844. The number of amides is 3. The summed E-state index contributed by atoms with van der Waals surface area (Å²) in [6.45, 7) is 9.27. The Morgan fingerprint density at radius 3 is 2.47 bits per heavy atom. The predicted molar refractivity (Wildman–Crippen MR) is 118 cm³/mol. The molecule has 0 aromatic carbocycles. The molecular formula is C22H32N4O3S. The fraction of sp³-hybridized carbons (Fsp3) is 0.682. The van der Waals surface area contributed by atoms with Gasteiger partial charge in [0.1, 0.15) is 11.5 Å². The van der Waals surface area contributed by atoms with Crippen molar-refractivity contribution in [2.24, 2.45) is 5.92 Å². The number of fused-ring (bicyclic) bond motifs is 3. The first-order valence-corrected chi connectivity index (χ1v) is 11.9. The number of nitrogens with zero attached hydrogens (tertiary/aromatic N) is 4. The maximum absolute atomic E-state index is 13.0. The number of likely N-dealkylation sites (N-methyl/N-ethyl adjacent to an activating group) is 2. The number of hydrogen-bond acceptors (Lipinski definition) is 5. The molecule has 0 unspecified atom stereocenters. The Morgan fingerprint density at radius 1 is 1.07 bits per heavy atom. The first-order valence-electron chi connectivity index (χ1n) is 11.1. The average Bonchev–Trinajstić information content (AvgIpc) is 3.08. The lowest BCUT2D eigenvalue weighted by Crippen LogP contribution is -2.39. The van der Waals surface area contributed by atoms with Crippen LogP contribution in [0.3, 0.4) is 0 Å². The summed E-state index contributed by atoms with van der Waals surface area (Å²) in [4.78, 5) is 47.3. The zero-order valence-corrected chi connectivity index (χ0v) is 19.1. The lowest BCUT2D eigenvalue weighted by molar-refractivity contribution is -0.133. The highest BCUT2D eigenvalue weighted by Gasteiger charge is 2.37. The predicted octanol–water partition coefficient (Wildman–Crippen LogP) is 2.19. The molecule has 0 spiro atoms. The van der Waals surface area contributed by atoms with Gasteiger partial charge in [-0.3, -0.25) is 14.4 Å². The highest BCUT2D eigenvalue weighted by atomic mass is 32.1. The Kier molecular flexibility index (Phi) is 6.16. The van der Waals surface area contributed by atoms with E-state index >= 15 is 0 Å². The standard InChI is InChI=1S/C22H32N4O3S/c1-4-24-9-6-15(7-10-24)12-18(27)25-11-8-16-17(13-25)30-22-20(16)21(29)23(3)14-19(28)26(22)5-2/h15H,4-14H2,1-3H3. The molecule has 1 aromatic heterocycles. The van der Waals surface area contributed by atoms with Gasteiger partial charge in [0, 0.05) is 31.4 Å². The van der Waals surface area contributed by atoms with E-state index in [0.717, 1.165) is 47.9 Å². The molecule has 4 rings (SSSR count). The van der Waals surface area contributed by atoms with Crippen molar-refractivity contribution < 1.29 is 14.4 Å². The Labute approximate surface area is 182 Å². The van der Waals surface area contributed by atoms with Gasteiger partial charge in [-0.15, -0.1) is 11.3 Å². The zero-order valence-electron chi connectivity index (χ0n) is 18.3. The van der Waals surface area contributed by atoms with Crippen molar-refractivity contribution in [3.05, 3.63) is 16.0 Å². The third-order valence-corrected chi connectivity index (χ3v) is 8.04. The van der Waals surface area contributed by atoms with Gasteiger partial charge in [-0.2, -0.15) is 0 Å². The van der Waals surface area contributed by atoms with Crippen LogP contribution < -0.4 is 4.90 Å². The van der Waals surface area contributed by atoms with Gasteiger partial charge >= 0.3 is 0 Å². The first kappa shape index (κ1) is 21.3. The SMILES string of the molecule is CCN1CCC(CC(=O)N2CCc3c(sc4c3C(=O)N(C)CC(=O)N4CC)C2)CC1. The summed E-state index contributed by atoms with van der Waals surface area (Å²) < 4.78 is 0. The molecule has 0 aliphatic carbocycles. The Balaban J connectivity index is 1.50. The van der Waals surface area contributed by atoms with E-state index in [1.54, 1.807) is 11.9 Å². The minimum atomic E-state index is -0.0748. The van der Waals surface area contributed by atoms with E-state index in [1.165, 1.54) is 16.2 Å². The second-order valence-electron chi connectivity index (χ2n) is 8.63. The largest absolute Gasteiger partial charge is 0.337 e. The molecule has 0 radical (unpaired) electrons. The molecule has 1 saturated heterocycles. The molecule has 30 heavy (non-hydrogen) atoms. The van der Waals surface area contributed by atoms with E-state index < -0.39 is 0 Å². The molecule has 164 valence electrons. The van der Waals surface area contributed by atoms with Crippen LogP contribution in [0.5, 0.6) is 0 Å². The molecule has 7 nitrogen and oxygen atoms in total. The summed E-state index contributed by atoms with van der Waals surface area (Å²) in [5.74, 6) is 0.586. The van der Waals surface area contributed by atoms with Crippen LogP contribution in [0.25, 0.3) is 0 Å². The smallest absolute Gasteiger partial charge is 0.257 e. The highest BCUT2D eigenvalue weighted by Crippen LogP contribution is 2.41. The number of carbonyl (C=O) groups is 3. The van der Waals surface area contributed by atoms with Gasteiger partial charge in [-0.05, 0) is 57.3 Å². The van der Waals surface area contributed by atoms with Gasteiger partial charge < -0.3 is 19.6 Å². The lowest BCUT2D eigenvalue weighted by atomic mass is 9.92. The molecule has 3 aliphatic rings. The van der Waals surface area contributed by atoms with Gasteiger partial charge in [-0.1, -0.05) is 6.92 Å². The van der Waals surface area contributed by atoms with Crippen molar-refractivity contribution in [3.63, 3.8) is 0 Å². The second-order valence-corrected chi connectivity index (χ2v) is 9.71. The molecular weight excluding hydrogens is 400 g/mol. The molecule has 1 aromatic rings. The quantitative estimate of drug-likeness (QED) is 0.732. The minimum Gasteiger partial charge on any atom is -0.337 e. The summed E-state index contributed by atoms with van der Waals surface area (Å²) in [5.41, 5.74) is 1.73. The van der Waals surface area contributed by atoms with Crippen LogP contribution in [0.1, 0.15) is 53.9 Å². The van der Waals surface area contributed by atoms with Crippen LogP contribution in [0.4, 0.5) is 5.00 Å². The van der Waals surface area contributed by atoms with Gasteiger partial charge in [0.2, 0.25) is 11.8 Å². The van der Waals surface area contributed by atoms with Crippen LogP contribution in [-0.4, -0.2) is 78.7 Å². The first-order chi connectivity index (χ1) is 14.4. The normalized spacial score (nSPS) is 21.0. The molecule has 0 atom stereocenters. The van der Waals surface area contributed by atoms with Crippen LogP contribution in [0, 0.1) is 5.92 Å². The summed E-state index contributed by atoms with van der Waals surface area (Å²) in [7, 11) is 1.69. The monoisotopic (exact) mass is 432 g/mol. The van der Waals surface area contributed by atoms with Crippen molar-refractivity contribution in [2.75, 3.05) is 51.2 Å². The topological polar surface area (TPSA) is 64.2 Å². The maximum atomic E-state index is 13.0. The van der Waals surface area contributed by atoms with Gasteiger partial charge in [0.25, 0.3) is 5.91 Å². The fourth-order valence-corrected chi connectivity index (χ4v) is 6.31. The van der Waals surface area contributed by atoms with Crippen LogP contribution in [0.2, 0.25) is 0 Å². The molecule has 3 amide bonds. The molecule has 0 bridgehead atoms. The Hall–Kier alpha value is -1.93. The number of likely N-dealkylation sites (tertiary alicyclic amines) is 1. The minimum absolute atomic E-state index is 0.0444. The molecule has 0 saturated carbocycles. The molecule has 4 heterocycles. The van der Waals surface area contributed by atoms with E-state index in [9.17, 15) is 14.4 Å². The molecule has 1 fully saturated rings. The molecule has 0 N–H and O–H groups in total. The third-order valence-electron chi connectivity index (χ3n) is 6.80. The summed E-state index contributed by atoms with van der Waals surface area (Å²) in [5, 5.41) is 0.767. The maximum Gasteiger partial charge on any atom is 0.257 e. The van der Waals surface area contributed by atoms with Gasteiger partial charge in [-0.25, -0.2) is 0 Å². The lowest BCUT2D eigenvalue weighted by Gasteiger charge is -2.33. The fourth-order valence-electron chi connectivity index (χ4n) is 4.88. The number of carbonyl (C=O) groups excluding carboxylic acids is 3. The molecule has 8 heteroatoms. The number of thiophene rings is 1. The van der Waals surface area contributed by atoms with Crippen molar-refractivity contribution in [1.82, 2.24) is 14.7 Å². The number of anilines is 1. The van der Waals surface area contributed by atoms with E-state index in [4.69, 9.17) is 0 Å². The van der Waals surface area contributed by atoms with E-state index in [0.29, 0.717) is 44.0 Å². The van der Waals surface area contributed by atoms with Crippen LogP contribution in [0.15, 0.2) is 0 Å². The second kappa shape index (κ2) is 8.67. The van der Waals surface area contributed by atoms with Crippen LogP contribution in [-0.2, 0) is 22.6 Å². The van der Waals surface area contributed by atoms with Crippen molar-refractivity contribution >= 4 is 34.1 Å². The number of hydrogen-bond donors (Lipinski definition) is 0. The summed E-state index contributed by atoms with van der Waals surface area (Å²) in [6.07, 6.45) is 3.51. The van der Waals surface area contributed by atoms with Crippen molar-refractivity contribution in [1.29, 1.82) is 0 Å². The summed E-state index contributed by atoms with van der Waals surface area (Å²) >= 11 is 1.52. The highest BCUT2D eigenvalue weighted by molar-refractivity contribution is 7.17. The van der Waals surface area contributed by atoms with Gasteiger partial charge in [0.05, 0.1) is 12.1 Å². The zero-order chi connectivity index (χ0) is 21.4. The van der Waals surface area contributed by atoms with E-state index in [-0.39, 0.29) is 24.3 Å². The third kappa shape index (κ3) is 3.87. The number of rotatable bonds is 4.